The van der Waals surface area contributed by atoms with E-state index in [9.17, 15) is 14.7 Å². The van der Waals surface area contributed by atoms with Gasteiger partial charge in [-0.05, 0) is 21.5 Å². The molecule has 0 aliphatic rings. The molecule has 1 aromatic rings. The maximum atomic E-state index is 11.9. The lowest BCUT2D eigenvalue weighted by Crippen LogP contribution is -2.43. The van der Waals surface area contributed by atoms with Gasteiger partial charge in [-0.2, -0.15) is 0 Å². The molecule has 0 radical (unpaired) electrons. The lowest BCUT2D eigenvalue weighted by molar-refractivity contribution is -0.0567. The fourth-order valence-corrected chi connectivity index (χ4v) is 1.99. The molecule has 0 bridgehead atoms. The van der Waals surface area contributed by atoms with Crippen LogP contribution in [-0.4, -0.2) is 34.0 Å². The average Bonchev–Trinajstić information content (AvgIpc) is 2.40. The first-order valence-corrected chi connectivity index (χ1v) is 5.92. The summed E-state index contributed by atoms with van der Waals surface area (Å²) in [6, 6.07) is 0. The first-order valence-electron chi connectivity index (χ1n) is 5.13. The summed E-state index contributed by atoms with van der Waals surface area (Å²) >= 11 is 3.02. The third-order valence-corrected chi connectivity index (χ3v) is 2.99. The van der Waals surface area contributed by atoms with Crippen molar-refractivity contribution in [1.29, 1.82) is 0 Å². The summed E-state index contributed by atoms with van der Waals surface area (Å²) in [5, 5.41) is 13.0. The van der Waals surface area contributed by atoms with Gasteiger partial charge in [-0.15, -0.1) is 0 Å². The summed E-state index contributed by atoms with van der Waals surface area (Å²) in [4.78, 5) is 26.0. The highest BCUT2D eigenvalue weighted by atomic mass is 79.9. The van der Waals surface area contributed by atoms with Crippen LogP contribution in [0.3, 0.4) is 0 Å². The molecule has 1 N–H and O–H groups in total. The molecule has 0 aromatic carbocycles. The standard InChI is InChI=1S/C9H12BrN5O4/c1-14-7(17)5(10)4-15(9(14)18)8(19-2)6(16)3-12-13-11/h4,6,8,16H,3H2,1-2H3/t6-,8+/m1/s1. The van der Waals surface area contributed by atoms with Crippen molar-refractivity contribution >= 4 is 15.9 Å². The molecule has 0 fully saturated rings. The highest BCUT2D eigenvalue weighted by Gasteiger charge is 2.22. The van der Waals surface area contributed by atoms with Gasteiger partial charge in [0.25, 0.3) is 5.56 Å². The summed E-state index contributed by atoms with van der Waals surface area (Å²) in [7, 11) is 2.59. The second-order valence-corrected chi connectivity index (χ2v) is 4.49. The van der Waals surface area contributed by atoms with E-state index < -0.39 is 23.6 Å². The number of halogens is 1. The molecule has 0 amide bonds. The molecule has 1 rings (SSSR count). The number of ether oxygens (including phenoxy) is 1. The largest absolute Gasteiger partial charge is 0.388 e. The van der Waals surface area contributed by atoms with E-state index in [1.165, 1.54) is 20.4 Å². The van der Waals surface area contributed by atoms with Crippen LogP contribution in [0, 0.1) is 0 Å². The molecule has 10 heteroatoms. The lowest BCUT2D eigenvalue weighted by Gasteiger charge is -2.22. The summed E-state index contributed by atoms with van der Waals surface area (Å²) in [5.74, 6) is 0. The smallest absolute Gasteiger partial charge is 0.332 e. The van der Waals surface area contributed by atoms with Gasteiger partial charge in [-0.1, -0.05) is 5.11 Å². The maximum Gasteiger partial charge on any atom is 0.332 e. The topological polar surface area (TPSA) is 122 Å². The molecule has 2 atom stereocenters. The van der Waals surface area contributed by atoms with Gasteiger partial charge in [0.05, 0.1) is 11.0 Å². The summed E-state index contributed by atoms with van der Waals surface area (Å²) in [6.45, 7) is -0.262. The molecule has 104 valence electrons. The molecule has 1 aromatic heterocycles. The number of hydrogen-bond donors (Lipinski definition) is 1. The first-order chi connectivity index (χ1) is 8.93. The number of rotatable bonds is 5. The summed E-state index contributed by atoms with van der Waals surface area (Å²) in [5.41, 5.74) is 7.05. The highest BCUT2D eigenvalue weighted by Crippen LogP contribution is 2.12. The van der Waals surface area contributed by atoms with Crippen molar-refractivity contribution in [3.05, 3.63) is 42.0 Å². The van der Waals surface area contributed by atoms with Crippen molar-refractivity contribution in [3.8, 4) is 0 Å². The van der Waals surface area contributed by atoms with Gasteiger partial charge in [0.1, 0.15) is 6.10 Å². The Morgan fingerprint density at radius 1 is 1.63 bits per heavy atom. The monoisotopic (exact) mass is 333 g/mol. The second kappa shape index (κ2) is 6.53. The number of azide groups is 1. The van der Waals surface area contributed by atoms with Gasteiger partial charge in [-0.3, -0.25) is 13.9 Å². The van der Waals surface area contributed by atoms with Crippen molar-refractivity contribution in [2.24, 2.45) is 12.2 Å². The van der Waals surface area contributed by atoms with E-state index in [0.717, 1.165) is 9.13 Å². The number of aliphatic hydroxyl groups excluding tert-OH is 1. The van der Waals surface area contributed by atoms with Crippen LogP contribution in [0.25, 0.3) is 10.4 Å². The molecule has 19 heavy (non-hydrogen) atoms. The van der Waals surface area contributed by atoms with Crippen molar-refractivity contribution in [1.82, 2.24) is 9.13 Å². The van der Waals surface area contributed by atoms with Crippen molar-refractivity contribution < 1.29 is 9.84 Å². The van der Waals surface area contributed by atoms with E-state index in [-0.39, 0.29) is 11.0 Å². The minimum Gasteiger partial charge on any atom is -0.388 e. The molecule has 0 saturated heterocycles. The Morgan fingerprint density at radius 2 is 2.26 bits per heavy atom. The molecule has 0 aliphatic heterocycles. The minimum atomic E-state index is -1.22. The first kappa shape index (κ1) is 15.4. The van der Waals surface area contributed by atoms with Crippen LogP contribution in [-0.2, 0) is 11.8 Å². The van der Waals surface area contributed by atoms with Crippen molar-refractivity contribution in [2.75, 3.05) is 13.7 Å². The van der Waals surface area contributed by atoms with E-state index in [4.69, 9.17) is 10.3 Å². The zero-order valence-corrected chi connectivity index (χ0v) is 11.8. The number of methoxy groups -OCH3 is 1. The maximum absolute atomic E-state index is 11.9. The van der Waals surface area contributed by atoms with Gasteiger partial charge in [0.2, 0.25) is 0 Å². The predicted octanol–water partition coefficient (Wildman–Crippen LogP) is 0.126. The molecule has 0 unspecified atom stereocenters. The molecule has 0 saturated carbocycles. The SMILES string of the molecule is CO[C@@H]([C@H](O)CN=[N+]=[N-])n1cc(Br)c(=O)n(C)c1=O. The lowest BCUT2D eigenvalue weighted by atomic mass is 10.3. The Hall–Kier alpha value is -1.61. The molecular formula is C9H12BrN5O4. The third kappa shape index (κ3) is 3.24. The fourth-order valence-electron chi connectivity index (χ4n) is 1.50. The minimum absolute atomic E-state index is 0.146. The zero-order valence-electron chi connectivity index (χ0n) is 10.2. The van der Waals surface area contributed by atoms with Crippen LogP contribution in [0.4, 0.5) is 0 Å². The summed E-state index contributed by atoms with van der Waals surface area (Å²) in [6.07, 6.45) is -1.07. The molecule has 0 spiro atoms. The molecule has 9 nitrogen and oxygen atoms in total. The Morgan fingerprint density at radius 3 is 2.79 bits per heavy atom. The second-order valence-electron chi connectivity index (χ2n) is 3.64. The van der Waals surface area contributed by atoms with Gasteiger partial charge >= 0.3 is 5.69 Å². The van der Waals surface area contributed by atoms with Gasteiger partial charge in [0.15, 0.2) is 6.23 Å². The normalized spacial score (nSPS) is 13.7. The number of aliphatic hydroxyl groups is 1. The molecule has 1 heterocycles. The summed E-state index contributed by atoms with van der Waals surface area (Å²) < 4.78 is 7.08. The molecule has 0 aliphatic carbocycles. The number of aromatic nitrogens is 2. The average molecular weight is 334 g/mol. The fraction of sp³-hybridized carbons (Fsp3) is 0.556. The van der Waals surface area contributed by atoms with Gasteiger partial charge in [0, 0.05) is 25.3 Å². The molecular weight excluding hydrogens is 322 g/mol. The number of hydrogen-bond acceptors (Lipinski definition) is 5. The van der Waals surface area contributed by atoms with Crippen LogP contribution >= 0.6 is 15.9 Å². The Kier molecular flexibility index (Phi) is 5.31. The van der Waals surface area contributed by atoms with Crippen LogP contribution < -0.4 is 11.2 Å². The predicted molar refractivity (Wildman–Crippen MR) is 69.7 cm³/mol. The van der Waals surface area contributed by atoms with Gasteiger partial charge < -0.3 is 9.84 Å². The Balaban J connectivity index is 3.30. The number of nitrogens with zero attached hydrogens (tertiary/aromatic N) is 5. The van der Waals surface area contributed by atoms with Crippen molar-refractivity contribution in [3.63, 3.8) is 0 Å². The van der Waals surface area contributed by atoms with Crippen molar-refractivity contribution in [2.45, 2.75) is 12.3 Å². The van der Waals surface area contributed by atoms with Crippen LogP contribution in [0.5, 0.6) is 0 Å². The van der Waals surface area contributed by atoms with E-state index in [2.05, 4.69) is 26.0 Å². The van der Waals surface area contributed by atoms with E-state index in [1.807, 2.05) is 0 Å². The van der Waals surface area contributed by atoms with Crippen LogP contribution in [0.15, 0.2) is 25.4 Å². The van der Waals surface area contributed by atoms with E-state index >= 15 is 0 Å². The van der Waals surface area contributed by atoms with E-state index in [0.29, 0.717) is 0 Å². The van der Waals surface area contributed by atoms with Crippen LogP contribution in [0.1, 0.15) is 6.23 Å². The van der Waals surface area contributed by atoms with E-state index in [1.54, 1.807) is 0 Å². The zero-order chi connectivity index (χ0) is 14.6. The quantitative estimate of drug-likeness (QED) is 0.467. The van der Waals surface area contributed by atoms with Gasteiger partial charge in [-0.25, -0.2) is 4.79 Å². The van der Waals surface area contributed by atoms with Crippen LogP contribution in [0.2, 0.25) is 0 Å². The Bertz CT molecular complexity index is 618. The third-order valence-electron chi connectivity index (χ3n) is 2.45. The highest BCUT2D eigenvalue weighted by molar-refractivity contribution is 9.10. The Labute approximate surface area is 115 Å².